The van der Waals surface area contributed by atoms with Crippen LogP contribution in [0.1, 0.15) is 22.3 Å². The van der Waals surface area contributed by atoms with E-state index in [1.807, 2.05) is 10.8 Å². The quantitative estimate of drug-likeness (QED) is 0.803. The van der Waals surface area contributed by atoms with Crippen LogP contribution in [0.15, 0.2) is 36.9 Å². The molecule has 0 aliphatic heterocycles. The molecule has 0 fully saturated rings. The van der Waals surface area contributed by atoms with Crippen molar-refractivity contribution >= 4 is 5.91 Å². The molecule has 2 rings (SSSR count). The van der Waals surface area contributed by atoms with E-state index in [1.54, 1.807) is 31.6 Å². The smallest absolute Gasteiger partial charge is 0.251 e. The highest BCUT2D eigenvalue weighted by Crippen LogP contribution is 2.15. The molecule has 2 aromatic rings. The second-order valence-corrected chi connectivity index (χ2v) is 4.41. The van der Waals surface area contributed by atoms with Gasteiger partial charge in [0.15, 0.2) is 0 Å². The fourth-order valence-corrected chi connectivity index (χ4v) is 1.88. The van der Waals surface area contributed by atoms with Crippen LogP contribution in [0.5, 0.6) is 5.75 Å². The van der Waals surface area contributed by atoms with Gasteiger partial charge >= 0.3 is 0 Å². The van der Waals surface area contributed by atoms with Crippen LogP contribution in [0, 0.1) is 6.92 Å². The molecule has 19 heavy (non-hydrogen) atoms. The summed E-state index contributed by atoms with van der Waals surface area (Å²) in [4.78, 5) is 15.9. The van der Waals surface area contributed by atoms with E-state index in [9.17, 15) is 9.90 Å². The highest BCUT2D eigenvalue weighted by Gasteiger charge is 2.08. The molecule has 1 heterocycles. The van der Waals surface area contributed by atoms with Gasteiger partial charge in [0.05, 0.1) is 6.33 Å². The summed E-state index contributed by atoms with van der Waals surface area (Å²) in [6.45, 7) is 3.24. The van der Waals surface area contributed by atoms with Crippen molar-refractivity contribution < 1.29 is 9.90 Å². The number of aromatic hydroxyl groups is 1. The van der Waals surface area contributed by atoms with Crippen LogP contribution in [-0.2, 0) is 6.54 Å². The number of nitrogens with one attached hydrogen (secondary N) is 1. The van der Waals surface area contributed by atoms with Gasteiger partial charge in [-0.25, -0.2) is 4.98 Å². The van der Waals surface area contributed by atoms with E-state index in [1.165, 1.54) is 6.07 Å². The molecule has 5 heteroatoms. The first-order valence-electron chi connectivity index (χ1n) is 6.20. The zero-order valence-corrected chi connectivity index (χ0v) is 10.8. The van der Waals surface area contributed by atoms with Crippen LogP contribution in [0.2, 0.25) is 0 Å². The van der Waals surface area contributed by atoms with Gasteiger partial charge in [-0.15, -0.1) is 0 Å². The van der Waals surface area contributed by atoms with Gasteiger partial charge in [-0.1, -0.05) is 0 Å². The lowest BCUT2D eigenvalue weighted by atomic mass is 10.1. The van der Waals surface area contributed by atoms with Crippen LogP contribution in [0.3, 0.4) is 0 Å². The number of phenolic OH excluding ortho intramolecular Hbond substituents is 1. The van der Waals surface area contributed by atoms with Gasteiger partial charge < -0.3 is 15.0 Å². The largest absolute Gasteiger partial charge is 0.508 e. The van der Waals surface area contributed by atoms with E-state index in [0.29, 0.717) is 12.1 Å². The number of nitrogens with zero attached hydrogens (tertiary/aromatic N) is 2. The number of aryl methyl sites for hydroxylation is 2. The lowest BCUT2D eigenvalue weighted by Crippen LogP contribution is -2.25. The molecule has 0 aliphatic rings. The second kappa shape index (κ2) is 6.04. The number of phenols is 1. The predicted octanol–water partition coefficient (Wildman–Crippen LogP) is 1.72. The summed E-state index contributed by atoms with van der Waals surface area (Å²) in [5.74, 6) is 0.0669. The molecule has 0 saturated heterocycles. The van der Waals surface area contributed by atoms with Crippen molar-refractivity contribution in [2.45, 2.75) is 19.9 Å². The van der Waals surface area contributed by atoms with Crippen molar-refractivity contribution in [1.82, 2.24) is 14.9 Å². The lowest BCUT2D eigenvalue weighted by molar-refractivity contribution is 0.0952. The van der Waals surface area contributed by atoms with E-state index >= 15 is 0 Å². The lowest BCUT2D eigenvalue weighted by Gasteiger charge is -2.08. The van der Waals surface area contributed by atoms with Gasteiger partial charge in [0.1, 0.15) is 5.75 Å². The Kier molecular flexibility index (Phi) is 4.18. The number of aromatic nitrogens is 2. The molecule has 0 atom stereocenters. The molecule has 0 aliphatic carbocycles. The zero-order chi connectivity index (χ0) is 13.7. The molecule has 0 saturated carbocycles. The Morgan fingerprint density at radius 2 is 2.32 bits per heavy atom. The minimum atomic E-state index is -0.108. The molecule has 1 aromatic carbocycles. The molecule has 1 amide bonds. The molecule has 0 radical (unpaired) electrons. The van der Waals surface area contributed by atoms with Crippen LogP contribution >= 0.6 is 0 Å². The third-order valence-electron chi connectivity index (χ3n) is 2.89. The summed E-state index contributed by atoms with van der Waals surface area (Å²) in [6.07, 6.45) is 6.23. The summed E-state index contributed by atoms with van der Waals surface area (Å²) in [5, 5.41) is 12.2. The Morgan fingerprint density at radius 3 is 3.00 bits per heavy atom. The first-order valence-corrected chi connectivity index (χ1v) is 6.20. The maximum Gasteiger partial charge on any atom is 0.251 e. The fourth-order valence-electron chi connectivity index (χ4n) is 1.88. The first-order chi connectivity index (χ1) is 9.16. The van der Waals surface area contributed by atoms with E-state index in [2.05, 4.69) is 10.3 Å². The minimum absolute atomic E-state index is 0.108. The van der Waals surface area contributed by atoms with Gasteiger partial charge in [-0.2, -0.15) is 0 Å². The maximum atomic E-state index is 11.9. The van der Waals surface area contributed by atoms with Gasteiger partial charge in [-0.05, 0) is 37.1 Å². The van der Waals surface area contributed by atoms with Gasteiger partial charge in [0, 0.05) is 31.0 Å². The van der Waals surface area contributed by atoms with Crippen molar-refractivity contribution in [3.8, 4) is 5.75 Å². The third kappa shape index (κ3) is 3.58. The monoisotopic (exact) mass is 259 g/mol. The van der Waals surface area contributed by atoms with Gasteiger partial charge in [0.2, 0.25) is 0 Å². The summed E-state index contributed by atoms with van der Waals surface area (Å²) in [6, 6.07) is 4.74. The second-order valence-electron chi connectivity index (χ2n) is 4.41. The molecule has 100 valence electrons. The Labute approximate surface area is 111 Å². The van der Waals surface area contributed by atoms with E-state index in [-0.39, 0.29) is 11.7 Å². The highest BCUT2D eigenvalue weighted by molar-refractivity contribution is 5.95. The van der Waals surface area contributed by atoms with E-state index in [0.717, 1.165) is 18.5 Å². The molecule has 1 aromatic heterocycles. The Morgan fingerprint density at radius 1 is 1.47 bits per heavy atom. The zero-order valence-electron chi connectivity index (χ0n) is 10.8. The number of amides is 1. The molecular weight excluding hydrogens is 242 g/mol. The molecule has 0 bridgehead atoms. The van der Waals surface area contributed by atoms with Crippen molar-refractivity contribution in [1.29, 1.82) is 0 Å². The van der Waals surface area contributed by atoms with Gasteiger partial charge in [0.25, 0.3) is 5.91 Å². The van der Waals surface area contributed by atoms with Crippen LogP contribution in [0.25, 0.3) is 0 Å². The number of carbonyl (C=O) groups is 1. The van der Waals surface area contributed by atoms with Crippen LogP contribution < -0.4 is 5.32 Å². The Bertz CT molecular complexity index is 550. The van der Waals surface area contributed by atoms with Gasteiger partial charge in [-0.3, -0.25) is 4.79 Å². The molecule has 5 nitrogen and oxygen atoms in total. The number of carbonyl (C=O) groups excluding carboxylic acids is 1. The highest BCUT2D eigenvalue weighted by atomic mass is 16.3. The van der Waals surface area contributed by atoms with Crippen molar-refractivity contribution in [3.05, 3.63) is 48.0 Å². The normalized spacial score (nSPS) is 10.4. The third-order valence-corrected chi connectivity index (χ3v) is 2.89. The molecule has 0 unspecified atom stereocenters. The maximum absolute atomic E-state index is 11.9. The summed E-state index contributed by atoms with van der Waals surface area (Å²) in [7, 11) is 0. The van der Waals surface area contributed by atoms with Crippen molar-refractivity contribution in [2.24, 2.45) is 0 Å². The fraction of sp³-hybridized carbons (Fsp3) is 0.286. The van der Waals surface area contributed by atoms with Crippen molar-refractivity contribution in [3.63, 3.8) is 0 Å². The van der Waals surface area contributed by atoms with Crippen LogP contribution in [0.4, 0.5) is 0 Å². The Hall–Kier alpha value is -2.30. The minimum Gasteiger partial charge on any atom is -0.508 e. The summed E-state index contributed by atoms with van der Waals surface area (Å²) in [5.41, 5.74) is 1.37. The number of benzene rings is 1. The number of imidazole rings is 1. The average Bonchev–Trinajstić information content (AvgIpc) is 2.87. The molecule has 0 spiro atoms. The van der Waals surface area contributed by atoms with Crippen LogP contribution in [-0.4, -0.2) is 27.1 Å². The molecule has 2 N–H and O–H groups in total. The predicted molar refractivity (Wildman–Crippen MR) is 72.0 cm³/mol. The first kappa shape index (κ1) is 13.1. The van der Waals surface area contributed by atoms with Crippen molar-refractivity contribution in [2.75, 3.05) is 6.54 Å². The average molecular weight is 259 g/mol. The van der Waals surface area contributed by atoms with E-state index in [4.69, 9.17) is 0 Å². The standard InChI is InChI=1S/C14H17N3O2/c1-11-9-12(18)3-4-13(11)14(19)16-5-2-7-17-8-6-15-10-17/h3-4,6,8-10,18H,2,5,7H2,1H3,(H,16,19). The Balaban J connectivity index is 1.81. The topological polar surface area (TPSA) is 67.2 Å². The molecular formula is C14H17N3O2. The number of hydrogen-bond donors (Lipinski definition) is 2. The summed E-state index contributed by atoms with van der Waals surface area (Å²) < 4.78 is 1.97. The number of rotatable bonds is 5. The van der Waals surface area contributed by atoms with E-state index < -0.39 is 0 Å². The summed E-state index contributed by atoms with van der Waals surface area (Å²) >= 11 is 0. The number of hydrogen-bond acceptors (Lipinski definition) is 3. The SMILES string of the molecule is Cc1cc(O)ccc1C(=O)NCCCn1ccnc1.